The van der Waals surface area contributed by atoms with E-state index in [0.717, 1.165) is 33.1 Å². The highest BCUT2D eigenvalue weighted by molar-refractivity contribution is 5.94. The van der Waals surface area contributed by atoms with Gasteiger partial charge in [-0.05, 0) is 24.3 Å². The molecule has 0 aliphatic carbocycles. The van der Waals surface area contributed by atoms with Crippen LogP contribution in [-0.4, -0.2) is 4.98 Å². The minimum absolute atomic E-state index is 0.904. The molecule has 0 spiro atoms. The molecule has 0 aliphatic rings. The Balaban J connectivity index is 1.97. The molecule has 90 valence electrons. The molecule has 0 aliphatic heterocycles. The average Bonchev–Trinajstić information content (AvgIpc) is 2.92. The Bertz CT molecular complexity index is 862. The Hall–Kier alpha value is -2.61. The van der Waals surface area contributed by atoms with E-state index in [1.807, 2.05) is 36.4 Å². The molecule has 19 heavy (non-hydrogen) atoms. The molecule has 2 aromatic carbocycles. The van der Waals surface area contributed by atoms with Crippen LogP contribution in [-0.2, 0) is 0 Å². The summed E-state index contributed by atoms with van der Waals surface area (Å²) in [5, 5.41) is 2.19. The fraction of sp³-hybridized carbons (Fsp3) is 0. The van der Waals surface area contributed by atoms with E-state index in [4.69, 9.17) is 9.40 Å². The first-order valence-corrected chi connectivity index (χ1v) is 6.24. The normalized spacial score (nSPS) is 11.2. The maximum atomic E-state index is 5.41. The standard InChI is InChI=1S/C17H11NO/c1-2-4-12(5-3-1)15-7-6-13-11-17-14(8-9-19-17)10-16(13)18-15/h1-11H. The van der Waals surface area contributed by atoms with Gasteiger partial charge in [-0.3, -0.25) is 0 Å². The van der Waals surface area contributed by atoms with Crippen molar-refractivity contribution >= 4 is 21.9 Å². The Labute approximate surface area is 110 Å². The Kier molecular flexibility index (Phi) is 2.15. The van der Waals surface area contributed by atoms with Crippen molar-refractivity contribution in [1.82, 2.24) is 4.98 Å². The van der Waals surface area contributed by atoms with Crippen molar-refractivity contribution in [3.8, 4) is 11.3 Å². The highest BCUT2D eigenvalue weighted by atomic mass is 16.3. The van der Waals surface area contributed by atoms with Crippen LogP contribution in [0.3, 0.4) is 0 Å². The molecule has 4 rings (SSSR count). The monoisotopic (exact) mass is 245 g/mol. The van der Waals surface area contributed by atoms with Crippen LogP contribution in [0.15, 0.2) is 71.3 Å². The van der Waals surface area contributed by atoms with Crippen molar-refractivity contribution in [2.24, 2.45) is 0 Å². The second-order valence-electron chi connectivity index (χ2n) is 4.57. The van der Waals surface area contributed by atoms with Crippen LogP contribution in [0.1, 0.15) is 0 Å². The number of pyridine rings is 1. The zero-order valence-corrected chi connectivity index (χ0v) is 10.2. The molecule has 0 fully saturated rings. The summed E-state index contributed by atoms with van der Waals surface area (Å²) >= 11 is 0. The maximum absolute atomic E-state index is 5.41. The van der Waals surface area contributed by atoms with Gasteiger partial charge < -0.3 is 4.42 Å². The average molecular weight is 245 g/mol. The summed E-state index contributed by atoms with van der Waals surface area (Å²) in [7, 11) is 0. The summed E-state index contributed by atoms with van der Waals surface area (Å²) in [6.07, 6.45) is 1.71. The predicted octanol–water partition coefficient (Wildman–Crippen LogP) is 4.65. The van der Waals surface area contributed by atoms with Crippen molar-refractivity contribution in [2.75, 3.05) is 0 Å². The first-order valence-electron chi connectivity index (χ1n) is 6.24. The van der Waals surface area contributed by atoms with Gasteiger partial charge in [0.05, 0.1) is 17.5 Å². The van der Waals surface area contributed by atoms with Crippen LogP contribution in [0.5, 0.6) is 0 Å². The predicted molar refractivity (Wildman–Crippen MR) is 77.0 cm³/mol. The van der Waals surface area contributed by atoms with Crippen LogP contribution in [0, 0.1) is 0 Å². The number of hydrogen-bond donors (Lipinski definition) is 0. The molecule has 0 saturated heterocycles. The fourth-order valence-corrected chi connectivity index (χ4v) is 2.35. The smallest absolute Gasteiger partial charge is 0.134 e. The number of fused-ring (bicyclic) bond motifs is 2. The summed E-state index contributed by atoms with van der Waals surface area (Å²) in [4.78, 5) is 4.73. The third kappa shape index (κ3) is 1.69. The van der Waals surface area contributed by atoms with Crippen molar-refractivity contribution in [1.29, 1.82) is 0 Å². The van der Waals surface area contributed by atoms with Crippen molar-refractivity contribution in [3.05, 3.63) is 66.9 Å². The summed E-state index contributed by atoms with van der Waals surface area (Å²) < 4.78 is 5.41. The minimum atomic E-state index is 0.904. The topological polar surface area (TPSA) is 26.0 Å². The highest BCUT2D eigenvalue weighted by Gasteiger charge is 2.04. The van der Waals surface area contributed by atoms with E-state index in [0.29, 0.717) is 0 Å². The zero-order valence-electron chi connectivity index (χ0n) is 10.2. The van der Waals surface area contributed by atoms with E-state index in [1.165, 1.54) is 0 Å². The zero-order chi connectivity index (χ0) is 12.7. The Morgan fingerprint density at radius 1 is 0.789 bits per heavy atom. The third-order valence-electron chi connectivity index (χ3n) is 3.33. The van der Waals surface area contributed by atoms with Gasteiger partial charge >= 0.3 is 0 Å². The van der Waals surface area contributed by atoms with E-state index in [2.05, 4.69) is 24.3 Å². The van der Waals surface area contributed by atoms with E-state index >= 15 is 0 Å². The SMILES string of the molecule is c1ccc(-c2ccc3cc4occc4cc3n2)cc1. The molecule has 0 unspecified atom stereocenters. The number of rotatable bonds is 1. The van der Waals surface area contributed by atoms with Gasteiger partial charge in [0.2, 0.25) is 0 Å². The summed E-state index contributed by atoms with van der Waals surface area (Å²) in [5.74, 6) is 0. The first-order chi connectivity index (χ1) is 9.40. The second kappa shape index (κ2) is 3.95. The Morgan fingerprint density at radius 3 is 2.58 bits per heavy atom. The molecular weight excluding hydrogens is 234 g/mol. The second-order valence-corrected chi connectivity index (χ2v) is 4.57. The largest absolute Gasteiger partial charge is 0.464 e. The lowest BCUT2D eigenvalue weighted by molar-refractivity contribution is 0.616. The maximum Gasteiger partial charge on any atom is 0.134 e. The minimum Gasteiger partial charge on any atom is -0.464 e. The van der Waals surface area contributed by atoms with Gasteiger partial charge in [0.1, 0.15) is 5.58 Å². The molecule has 2 nitrogen and oxygen atoms in total. The first kappa shape index (κ1) is 10.3. The molecule has 0 N–H and O–H groups in total. The third-order valence-corrected chi connectivity index (χ3v) is 3.33. The van der Waals surface area contributed by atoms with Crippen molar-refractivity contribution in [2.45, 2.75) is 0 Å². The quantitative estimate of drug-likeness (QED) is 0.488. The lowest BCUT2D eigenvalue weighted by atomic mass is 10.1. The summed E-state index contributed by atoms with van der Waals surface area (Å²) in [5.41, 5.74) is 4.03. The molecule has 4 aromatic rings. The van der Waals surface area contributed by atoms with Gasteiger partial charge in [-0.2, -0.15) is 0 Å². The highest BCUT2D eigenvalue weighted by Crippen LogP contribution is 2.25. The Morgan fingerprint density at radius 2 is 1.68 bits per heavy atom. The molecule has 0 atom stereocenters. The number of furan rings is 1. The summed E-state index contributed by atoms with van der Waals surface area (Å²) in [6, 6.07) is 20.4. The van der Waals surface area contributed by atoms with E-state index < -0.39 is 0 Å². The van der Waals surface area contributed by atoms with Crippen molar-refractivity contribution < 1.29 is 4.42 Å². The van der Waals surface area contributed by atoms with E-state index in [9.17, 15) is 0 Å². The van der Waals surface area contributed by atoms with Crippen LogP contribution >= 0.6 is 0 Å². The molecule has 0 radical (unpaired) electrons. The van der Waals surface area contributed by atoms with Gasteiger partial charge in [-0.15, -0.1) is 0 Å². The van der Waals surface area contributed by atoms with Gasteiger partial charge in [-0.25, -0.2) is 4.98 Å². The van der Waals surface area contributed by atoms with Crippen LogP contribution < -0.4 is 0 Å². The number of hydrogen-bond acceptors (Lipinski definition) is 2. The molecule has 0 saturated carbocycles. The molecular formula is C17H11NO. The molecule has 2 heterocycles. The number of benzene rings is 2. The van der Waals surface area contributed by atoms with Crippen LogP contribution in [0.4, 0.5) is 0 Å². The number of nitrogens with zero attached hydrogens (tertiary/aromatic N) is 1. The van der Waals surface area contributed by atoms with E-state index in [-0.39, 0.29) is 0 Å². The van der Waals surface area contributed by atoms with Gasteiger partial charge in [0, 0.05) is 16.3 Å². The van der Waals surface area contributed by atoms with Gasteiger partial charge in [0.15, 0.2) is 0 Å². The van der Waals surface area contributed by atoms with Crippen LogP contribution in [0.2, 0.25) is 0 Å². The lowest BCUT2D eigenvalue weighted by Gasteiger charge is -2.03. The molecule has 2 heteroatoms. The fourth-order valence-electron chi connectivity index (χ4n) is 2.35. The van der Waals surface area contributed by atoms with Gasteiger partial charge in [-0.1, -0.05) is 36.4 Å². The van der Waals surface area contributed by atoms with E-state index in [1.54, 1.807) is 6.26 Å². The number of aromatic nitrogens is 1. The van der Waals surface area contributed by atoms with Crippen LogP contribution in [0.25, 0.3) is 33.1 Å². The lowest BCUT2D eigenvalue weighted by Crippen LogP contribution is -1.84. The summed E-state index contributed by atoms with van der Waals surface area (Å²) in [6.45, 7) is 0. The van der Waals surface area contributed by atoms with Crippen molar-refractivity contribution in [3.63, 3.8) is 0 Å². The molecule has 0 amide bonds. The molecule has 0 bridgehead atoms. The van der Waals surface area contributed by atoms with Gasteiger partial charge in [0.25, 0.3) is 0 Å². The molecule has 2 aromatic heterocycles.